The lowest BCUT2D eigenvalue weighted by molar-refractivity contribution is 0.457. The highest BCUT2D eigenvalue weighted by atomic mass is 15.2. The van der Waals surface area contributed by atoms with Crippen LogP contribution in [0, 0.1) is 10.8 Å². The molecule has 0 atom stereocenters. The summed E-state index contributed by atoms with van der Waals surface area (Å²) in [5, 5.41) is 3.38. The third kappa shape index (κ3) is 1.10. The summed E-state index contributed by atoms with van der Waals surface area (Å²) in [7, 11) is 0. The molecule has 0 aromatic carbocycles. The molecule has 1 aromatic rings. The van der Waals surface area contributed by atoms with E-state index >= 15 is 0 Å². The molecule has 1 aliphatic carbocycles. The first-order valence-corrected chi connectivity index (χ1v) is 6.21. The van der Waals surface area contributed by atoms with Crippen LogP contribution in [0.3, 0.4) is 0 Å². The maximum atomic E-state index is 4.55. The lowest BCUT2D eigenvalue weighted by Gasteiger charge is -2.16. The second kappa shape index (κ2) is 2.89. The predicted molar refractivity (Wildman–Crippen MR) is 64.2 cm³/mol. The Kier molecular flexibility index (Phi) is 1.87. The van der Waals surface area contributed by atoms with Gasteiger partial charge in [-0.15, -0.1) is 0 Å². The van der Waals surface area contributed by atoms with E-state index in [1.165, 1.54) is 11.4 Å². The Morgan fingerprint density at radius 1 is 1.31 bits per heavy atom. The SMILES string of the molecule is CC1(C)C(n2cnc3c2CCNC3)C1(C)C. The van der Waals surface area contributed by atoms with Crippen LogP contribution in [0.5, 0.6) is 0 Å². The van der Waals surface area contributed by atoms with Crippen LogP contribution in [0.1, 0.15) is 45.1 Å². The number of aromatic nitrogens is 2. The lowest BCUT2D eigenvalue weighted by Crippen LogP contribution is -2.25. The van der Waals surface area contributed by atoms with Crippen molar-refractivity contribution in [3.63, 3.8) is 0 Å². The Hall–Kier alpha value is -0.830. The average molecular weight is 219 g/mol. The van der Waals surface area contributed by atoms with Crippen LogP contribution in [-0.4, -0.2) is 16.1 Å². The van der Waals surface area contributed by atoms with Crippen molar-refractivity contribution >= 4 is 0 Å². The fourth-order valence-electron chi connectivity index (χ4n) is 3.34. The minimum Gasteiger partial charge on any atom is -0.330 e. The molecule has 0 spiro atoms. The normalized spacial score (nSPS) is 26.5. The van der Waals surface area contributed by atoms with Crippen molar-refractivity contribution in [2.75, 3.05) is 6.54 Å². The first-order valence-electron chi connectivity index (χ1n) is 6.21. The summed E-state index contributed by atoms with van der Waals surface area (Å²) in [5.41, 5.74) is 3.51. The highest BCUT2D eigenvalue weighted by Crippen LogP contribution is 2.71. The summed E-state index contributed by atoms with van der Waals surface area (Å²) < 4.78 is 2.44. The molecule has 88 valence electrons. The van der Waals surface area contributed by atoms with Gasteiger partial charge in [0.15, 0.2) is 0 Å². The van der Waals surface area contributed by atoms with Crippen molar-refractivity contribution < 1.29 is 0 Å². The summed E-state index contributed by atoms with van der Waals surface area (Å²) >= 11 is 0. The zero-order valence-corrected chi connectivity index (χ0v) is 10.7. The zero-order chi connectivity index (χ0) is 11.6. The molecule has 1 saturated carbocycles. The summed E-state index contributed by atoms with van der Waals surface area (Å²) in [6.45, 7) is 11.5. The minimum absolute atomic E-state index is 0.395. The van der Waals surface area contributed by atoms with Gasteiger partial charge in [0.25, 0.3) is 0 Å². The largest absolute Gasteiger partial charge is 0.330 e. The Balaban J connectivity index is 2.00. The van der Waals surface area contributed by atoms with Crippen molar-refractivity contribution in [2.24, 2.45) is 10.8 Å². The second-order valence-corrected chi connectivity index (χ2v) is 6.32. The average Bonchev–Trinajstić information content (AvgIpc) is 2.58. The summed E-state index contributed by atoms with van der Waals surface area (Å²) in [5.74, 6) is 0. The number of nitrogens with zero attached hydrogens (tertiary/aromatic N) is 2. The predicted octanol–water partition coefficient (Wildman–Crippen LogP) is 2.14. The topological polar surface area (TPSA) is 29.9 Å². The Morgan fingerprint density at radius 3 is 2.62 bits per heavy atom. The molecular formula is C13H21N3. The van der Waals surface area contributed by atoms with Crippen molar-refractivity contribution in [3.8, 4) is 0 Å². The summed E-state index contributed by atoms with van der Waals surface area (Å²) in [4.78, 5) is 4.55. The van der Waals surface area contributed by atoms with Crippen LogP contribution in [0.25, 0.3) is 0 Å². The number of nitrogens with one attached hydrogen (secondary N) is 1. The smallest absolute Gasteiger partial charge is 0.0955 e. The highest BCUT2D eigenvalue weighted by Gasteiger charge is 2.66. The molecule has 1 aromatic heterocycles. The van der Waals surface area contributed by atoms with Crippen LogP contribution in [-0.2, 0) is 13.0 Å². The van der Waals surface area contributed by atoms with Gasteiger partial charge in [-0.25, -0.2) is 4.98 Å². The molecule has 2 aliphatic rings. The van der Waals surface area contributed by atoms with Gasteiger partial charge in [0, 0.05) is 31.2 Å². The molecule has 0 bridgehead atoms. The molecule has 0 unspecified atom stereocenters. The summed E-state index contributed by atoms with van der Waals surface area (Å²) in [6, 6.07) is 0.620. The van der Waals surface area contributed by atoms with Crippen LogP contribution >= 0.6 is 0 Å². The van der Waals surface area contributed by atoms with Gasteiger partial charge >= 0.3 is 0 Å². The van der Waals surface area contributed by atoms with E-state index in [4.69, 9.17) is 0 Å². The number of hydrogen-bond acceptors (Lipinski definition) is 2. The van der Waals surface area contributed by atoms with Crippen LogP contribution in [0.2, 0.25) is 0 Å². The van der Waals surface area contributed by atoms with E-state index in [0.717, 1.165) is 19.5 Å². The molecule has 3 rings (SSSR count). The van der Waals surface area contributed by atoms with E-state index in [-0.39, 0.29) is 0 Å². The molecule has 1 N–H and O–H groups in total. The van der Waals surface area contributed by atoms with Crippen molar-refractivity contribution in [1.29, 1.82) is 0 Å². The van der Waals surface area contributed by atoms with Crippen molar-refractivity contribution in [1.82, 2.24) is 14.9 Å². The molecule has 0 saturated heterocycles. The van der Waals surface area contributed by atoms with E-state index in [0.29, 0.717) is 16.9 Å². The minimum atomic E-state index is 0.395. The highest BCUT2D eigenvalue weighted by molar-refractivity contribution is 5.24. The zero-order valence-electron chi connectivity index (χ0n) is 10.7. The van der Waals surface area contributed by atoms with Crippen molar-refractivity contribution in [3.05, 3.63) is 17.7 Å². The third-order valence-corrected chi connectivity index (χ3v) is 5.04. The van der Waals surface area contributed by atoms with Crippen LogP contribution in [0.4, 0.5) is 0 Å². The van der Waals surface area contributed by atoms with E-state index in [9.17, 15) is 0 Å². The van der Waals surface area contributed by atoms with Gasteiger partial charge in [-0.05, 0) is 10.8 Å². The van der Waals surface area contributed by atoms with Crippen LogP contribution < -0.4 is 5.32 Å². The van der Waals surface area contributed by atoms with Gasteiger partial charge in [0.05, 0.1) is 12.0 Å². The van der Waals surface area contributed by atoms with Crippen molar-refractivity contribution in [2.45, 2.75) is 46.7 Å². The molecule has 16 heavy (non-hydrogen) atoms. The number of hydrogen-bond donors (Lipinski definition) is 1. The standard InChI is InChI=1S/C13H21N3/c1-12(2)11(13(12,3)4)16-8-15-9-7-14-6-5-10(9)16/h8,11,14H,5-7H2,1-4H3. The van der Waals surface area contributed by atoms with Crippen LogP contribution in [0.15, 0.2) is 6.33 Å². The first-order chi connectivity index (χ1) is 7.46. The third-order valence-electron chi connectivity index (χ3n) is 5.04. The Labute approximate surface area is 97.3 Å². The molecule has 0 amide bonds. The quantitative estimate of drug-likeness (QED) is 0.784. The maximum absolute atomic E-state index is 4.55. The van der Waals surface area contributed by atoms with Gasteiger partial charge < -0.3 is 9.88 Å². The molecule has 2 heterocycles. The number of rotatable bonds is 1. The molecule has 3 heteroatoms. The molecule has 1 fully saturated rings. The maximum Gasteiger partial charge on any atom is 0.0955 e. The monoisotopic (exact) mass is 219 g/mol. The Morgan fingerprint density at radius 2 is 2.00 bits per heavy atom. The molecule has 3 nitrogen and oxygen atoms in total. The second-order valence-electron chi connectivity index (χ2n) is 6.32. The van der Waals surface area contributed by atoms with E-state index in [1.807, 2.05) is 0 Å². The lowest BCUT2D eigenvalue weighted by atomic mass is 10.0. The van der Waals surface area contributed by atoms with Gasteiger partial charge in [0.1, 0.15) is 0 Å². The van der Waals surface area contributed by atoms with E-state index in [2.05, 4.69) is 48.9 Å². The van der Waals surface area contributed by atoms with Gasteiger partial charge in [-0.3, -0.25) is 0 Å². The van der Waals surface area contributed by atoms with E-state index in [1.54, 1.807) is 0 Å². The number of fused-ring (bicyclic) bond motifs is 1. The number of imidazole rings is 1. The molecular weight excluding hydrogens is 198 g/mol. The van der Waals surface area contributed by atoms with Gasteiger partial charge in [-0.1, -0.05) is 27.7 Å². The summed E-state index contributed by atoms with van der Waals surface area (Å²) in [6.07, 6.45) is 3.18. The molecule has 1 aliphatic heterocycles. The first kappa shape index (κ1) is 10.3. The van der Waals surface area contributed by atoms with Gasteiger partial charge in [0.2, 0.25) is 0 Å². The Bertz CT molecular complexity index is 414. The molecule has 0 radical (unpaired) electrons. The van der Waals surface area contributed by atoms with Gasteiger partial charge in [-0.2, -0.15) is 0 Å². The van der Waals surface area contributed by atoms with E-state index < -0.39 is 0 Å². The fourth-order valence-corrected chi connectivity index (χ4v) is 3.34. The fraction of sp³-hybridized carbons (Fsp3) is 0.769.